The minimum atomic E-state index is 0.0275. The normalized spacial score (nSPS) is 10.5. The van der Waals surface area contributed by atoms with Crippen molar-refractivity contribution in [2.24, 2.45) is 0 Å². The van der Waals surface area contributed by atoms with E-state index in [0.29, 0.717) is 0 Å². The van der Waals surface area contributed by atoms with E-state index in [-0.39, 0.29) is 5.91 Å². The van der Waals surface area contributed by atoms with E-state index in [1.54, 1.807) is 0 Å². The van der Waals surface area contributed by atoms with E-state index in [4.69, 9.17) is 0 Å². The largest absolute Gasteiger partial charge is 0.352 e. The fourth-order valence-electron chi connectivity index (χ4n) is 1.81. The molecule has 0 aliphatic rings. The Labute approximate surface area is 128 Å². The van der Waals surface area contributed by atoms with Gasteiger partial charge < -0.3 is 5.32 Å². The van der Waals surface area contributed by atoms with Gasteiger partial charge in [0.25, 0.3) is 5.91 Å². The van der Waals surface area contributed by atoms with Crippen LogP contribution in [0.2, 0.25) is 0 Å². The second kappa shape index (κ2) is 9.43. The summed E-state index contributed by atoms with van der Waals surface area (Å²) >= 11 is 5.34. The number of thioether (sulfide) groups is 1. The maximum atomic E-state index is 11.9. The molecule has 1 aromatic rings. The summed E-state index contributed by atoms with van der Waals surface area (Å²) in [4.78, 5) is 11.9. The van der Waals surface area contributed by atoms with Gasteiger partial charge in [-0.15, -0.1) is 0 Å². The van der Waals surface area contributed by atoms with Gasteiger partial charge in [0.1, 0.15) is 0 Å². The van der Waals surface area contributed by atoms with E-state index < -0.39 is 0 Å². The lowest BCUT2D eigenvalue weighted by molar-refractivity contribution is 0.0953. The van der Waals surface area contributed by atoms with Crippen LogP contribution in [0.3, 0.4) is 0 Å². The van der Waals surface area contributed by atoms with Crippen LogP contribution in [0.15, 0.2) is 22.7 Å². The topological polar surface area (TPSA) is 29.1 Å². The molecule has 0 fully saturated rings. The van der Waals surface area contributed by atoms with Gasteiger partial charge in [0.2, 0.25) is 0 Å². The van der Waals surface area contributed by atoms with E-state index in [1.165, 1.54) is 25.0 Å². The molecular formula is C15H22BrNOS. The molecule has 0 aliphatic heterocycles. The third kappa shape index (κ3) is 6.48. The first-order valence-electron chi connectivity index (χ1n) is 6.68. The molecule has 0 saturated carbocycles. The van der Waals surface area contributed by atoms with E-state index in [2.05, 4.69) is 27.5 Å². The van der Waals surface area contributed by atoms with Crippen molar-refractivity contribution in [1.29, 1.82) is 0 Å². The molecule has 2 nitrogen and oxygen atoms in total. The Morgan fingerprint density at radius 2 is 2.00 bits per heavy atom. The second-order valence-corrected chi connectivity index (χ2v) is 6.47. The molecule has 19 heavy (non-hydrogen) atoms. The van der Waals surface area contributed by atoms with E-state index in [0.717, 1.165) is 28.6 Å². The standard InChI is InChI=1S/C15H22BrNOS/c1-12-11-13(7-8-14(12)16)15(18)17-9-5-3-4-6-10-19-2/h7-8,11H,3-6,9-10H2,1-2H3,(H,17,18). The summed E-state index contributed by atoms with van der Waals surface area (Å²) in [6.45, 7) is 2.76. The number of nitrogens with one attached hydrogen (secondary N) is 1. The van der Waals surface area contributed by atoms with Gasteiger partial charge in [-0.05, 0) is 55.5 Å². The molecule has 4 heteroatoms. The highest BCUT2D eigenvalue weighted by atomic mass is 79.9. The van der Waals surface area contributed by atoms with Crippen molar-refractivity contribution in [1.82, 2.24) is 5.32 Å². The minimum absolute atomic E-state index is 0.0275. The number of carbonyl (C=O) groups is 1. The number of hydrogen-bond donors (Lipinski definition) is 1. The maximum Gasteiger partial charge on any atom is 0.251 e. The smallest absolute Gasteiger partial charge is 0.251 e. The highest BCUT2D eigenvalue weighted by molar-refractivity contribution is 9.10. The Hall–Kier alpha value is -0.480. The van der Waals surface area contributed by atoms with E-state index in [1.807, 2.05) is 36.9 Å². The molecule has 0 spiro atoms. The molecular weight excluding hydrogens is 322 g/mol. The van der Waals surface area contributed by atoms with Gasteiger partial charge in [-0.25, -0.2) is 0 Å². The SMILES string of the molecule is CSCCCCCCNC(=O)c1ccc(Br)c(C)c1. The van der Waals surface area contributed by atoms with Crippen molar-refractivity contribution < 1.29 is 4.79 Å². The van der Waals surface area contributed by atoms with Crippen molar-refractivity contribution >= 4 is 33.6 Å². The number of amides is 1. The van der Waals surface area contributed by atoms with Crippen molar-refractivity contribution in [2.45, 2.75) is 32.6 Å². The monoisotopic (exact) mass is 343 g/mol. The van der Waals surface area contributed by atoms with Crippen LogP contribution >= 0.6 is 27.7 Å². The third-order valence-electron chi connectivity index (χ3n) is 2.98. The summed E-state index contributed by atoms with van der Waals surface area (Å²) < 4.78 is 1.04. The van der Waals surface area contributed by atoms with Crippen LogP contribution < -0.4 is 5.32 Å². The van der Waals surface area contributed by atoms with E-state index >= 15 is 0 Å². The zero-order chi connectivity index (χ0) is 14.1. The molecule has 1 aromatic carbocycles. The Balaban J connectivity index is 2.22. The number of aryl methyl sites for hydroxylation is 1. The van der Waals surface area contributed by atoms with Gasteiger partial charge in [0.15, 0.2) is 0 Å². The van der Waals surface area contributed by atoms with Gasteiger partial charge >= 0.3 is 0 Å². The number of carbonyl (C=O) groups excluding carboxylic acids is 1. The van der Waals surface area contributed by atoms with E-state index in [9.17, 15) is 4.79 Å². The van der Waals surface area contributed by atoms with Crippen LogP contribution in [-0.2, 0) is 0 Å². The summed E-state index contributed by atoms with van der Waals surface area (Å²) in [6, 6.07) is 5.69. The molecule has 0 saturated heterocycles. The first-order valence-corrected chi connectivity index (χ1v) is 8.87. The van der Waals surface area contributed by atoms with Crippen LogP contribution in [0.4, 0.5) is 0 Å². The van der Waals surface area contributed by atoms with Crippen molar-refractivity contribution in [3.8, 4) is 0 Å². The van der Waals surface area contributed by atoms with Gasteiger partial charge in [-0.1, -0.05) is 28.8 Å². The lowest BCUT2D eigenvalue weighted by atomic mass is 10.1. The van der Waals surface area contributed by atoms with Crippen molar-refractivity contribution in [2.75, 3.05) is 18.6 Å². The van der Waals surface area contributed by atoms with Crippen molar-refractivity contribution in [3.63, 3.8) is 0 Å². The molecule has 0 bridgehead atoms. The summed E-state index contributed by atoms with van der Waals surface area (Å²) in [5.74, 6) is 1.27. The number of hydrogen-bond acceptors (Lipinski definition) is 2. The molecule has 0 radical (unpaired) electrons. The molecule has 0 aromatic heterocycles. The van der Waals surface area contributed by atoms with Crippen LogP contribution in [0.5, 0.6) is 0 Å². The Morgan fingerprint density at radius 1 is 1.26 bits per heavy atom. The average Bonchev–Trinajstić information content (AvgIpc) is 2.40. The number of halogens is 1. The predicted molar refractivity (Wildman–Crippen MR) is 88.1 cm³/mol. The summed E-state index contributed by atoms with van der Waals surface area (Å²) in [6.07, 6.45) is 6.94. The highest BCUT2D eigenvalue weighted by Crippen LogP contribution is 2.17. The van der Waals surface area contributed by atoms with Gasteiger partial charge in [0, 0.05) is 16.6 Å². The van der Waals surface area contributed by atoms with Crippen LogP contribution in [0.25, 0.3) is 0 Å². The number of benzene rings is 1. The van der Waals surface area contributed by atoms with Crippen molar-refractivity contribution in [3.05, 3.63) is 33.8 Å². The Morgan fingerprint density at radius 3 is 2.68 bits per heavy atom. The number of rotatable bonds is 8. The summed E-state index contributed by atoms with van der Waals surface area (Å²) in [5.41, 5.74) is 1.83. The lowest BCUT2D eigenvalue weighted by Crippen LogP contribution is -2.24. The lowest BCUT2D eigenvalue weighted by Gasteiger charge is -2.06. The molecule has 1 N–H and O–H groups in total. The highest BCUT2D eigenvalue weighted by Gasteiger charge is 2.05. The summed E-state index contributed by atoms with van der Waals surface area (Å²) in [5, 5.41) is 2.98. The third-order valence-corrected chi connectivity index (χ3v) is 4.57. The first kappa shape index (κ1) is 16.6. The molecule has 0 unspecified atom stereocenters. The molecule has 106 valence electrons. The van der Waals surface area contributed by atoms with Crippen LogP contribution in [-0.4, -0.2) is 24.5 Å². The molecule has 0 heterocycles. The molecule has 0 atom stereocenters. The quantitative estimate of drug-likeness (QED) is 0.708. The molecule has 1 amide bonds. The first-order chi connectivity index (χ1) is 9.15. The number of unbranched alkanes of at least 4 members (excludes halogenated alkanes) is 3. The van der Waals surface area contributed by atoms with Gasteiger partial charge in [-0.3, -0.25) is 4.79 Å². The zero-order valence-electron chi connectivity index (χ0n) is 11.7. The average molecular weight is 344 g/mol. The minimum Gasteiger partial charge on any atom is -0.352 e. The zero-order valence-corrected chi connectivity index (χ0v) is 14.1. The van der Waals surface area contributed by atoms with Crippen LogP contribution in [0.1, 0.15) is 41.6 Å². The molecule has 0 aliphatic carbocycles. The molecule has 1 rings (SSSR count). The Bertz CT molecular complexity index is 409. The fourth-order valence-corrected chi connectivity index (χ4v) is 2.55. The fraction of sp³-hybridized carbons (Fsp3) is 0.533. The Kier molecular flexibility index (Phi) is 8.22. The van der Waals surface area contributed by atoms with Gasteiger partial charge in [0.05, 0.1) is 0 Å². The predicted octanol–water partition coefficient (Wildman–Crippen LogP) is 4.41. The second-order valence-electron chi connectivity index (χ2n) is 4.63. The maximum absolute atomic E-state index is 11.9. The van der Waals surface area contributed by atoms with Crippen LogP contribution in [0, 0.1) is 6.92 Å². The summed E-state index contributed by atoms with van der Waals surface area (Å²) in [7, 11) is 0. The van der Waals surface area contributed by atoms with Gasteiger partial charge in [-0.2, -0.15) is 11.8 Å².